The second-order valence-electron chi connectivity index (χ2n) is 8.27. The van der Waals surface area contributed by atoms with Gasteiger partial charge in [0, 0.05) is 30.9 Å². The lowest BCUT2D eigenvalue weighted by Crippen LogP contribution is -2.25. The summed E-state index contributed by atoms with van der Waals surface area (Å²) in [4.78, 5) is 30.3. The summed E-state index contributed by atoms with van der Waals surface area (Å²) in [6.07, 6.45) is 4.12. The van der Waals surface area contributed by atoms with E-state index in [1.54, 1.807) is 6.20 Å². The van der Waals surface area contributed by atoms with Gasteiger partial charge >= 0.3 is 6.16 Å². The molecule has 2 fully saturated rings. The summed E-state index contributed by atoms with van der Waals surface area (Å²) in [5.74, 6) is -0.380. The highest BCUT2D eigenvalue weighted by molar-refractivity contribution is 5.74. The first kappa shape index (κ1) is 19.5. The van der Waals surface area contributed by atoms with Crippen molar-refractivity contribution in [2.24, 2.45) is 0 Å². The average Bonchev–Trinajstić information content (AvgIpc) is 3.48. The number of fused-ring (bicyclic) bond motifs is 1. The molecule has 31 heavy (non-hydrogen) atoms. The number of rotatable bonds is 4. The van der Waals surface area contributed by atoms with Crippen molar-refractivity contribution in [3.63, 3.8) is 0 Å². The van der Waals surface area contributed by atoms with Gasteiger partial charge in [0.25, 0.3) is 5.56 Å². The molecule has 7 nitrogen and oxygen atoms in total. The predicted molar refractivity (Wildman–Crippen MR) is 113 cm³/mol. The molecule has 1 atom stereocenters. The Balaban J connectivity index is 1.61. The molecule has 8 heteroatoms. The normalized spacial score (nSPS) is 18.5. The molecule has 1 saturated heterocycles. The van der Waals surface area contributed by atoms with Crippen LogP contribution >= 0.6 is 0 Å². The van der Waals surface area contributed by atoms with Gasteiger partial charge in [0.1, 0.15) is 0 Å². The van der Waals surface area contributed by atoms with E-state index in [0.29, 0.717) is 29.9 Å². The van der Waals surface area contributed by atoms with Crippen molar-refractivity contribution in [3.05, 3.63) is 69.7 Å². The van der Waals surface area contributed by atoms with Crippen LogP contribution in [0.25, 0.3) is 5.52 Å². The van der Waals surface area contributed by atoms with Gasteiger partial charge in [-0.05, 0) is 61.4 Å². The maximum Gasteiger partial charge on any atom is 0.511 e. The number of hydrogen-bond donors (Lipinski definition) is 1. The van der Waals surface area contributed by atoms with Crippen molar-refractivity contribution in [1.82, 2.24) is 9.38 Å². The summed E-state index contributed by atoms with van der Waals surface area (Å²) in [6, 6.07) is 7.34. The number of ether oxygens (including phenoxy) is 1. The molecule has 0 aromatic carbocycles. The second kappa shape index (κ2) is 7.37. The molecule has 0 amide bonds. The van der Waals surface area contributed by atoms with E-state index in [2.05, 4.69) is 9.72 Å². The highest BCUT2D eigenvalue weighted by Gasteiger charge is 2.32. The molecular formula is C23H22FN3O4. The third kappa shape index (κ3) is 3.41. The molecule has 1 N–H and O–H groups in total. The van der Waals surface area contributed by atoms with Crippen molar-refractivity contribution in [2.75, 3.05) is 18.0 Å². The molecule has 2 aliphatic rings. The molecule has 160 valence electrons. The summed E-state index contributed by atoms with van der Waals surface area (Å²) >= 11 is 0. The molecular weight excluding hydrogens is 401 g/mol. The first-order chi connectivity index (χ1) is 14.9. The SMILES string of the molecule is Cc1c(N2CCC(c3ccccn3)C2)c(F)cn2c(=O)c(OC(=O)O)cc(C3CC3)c12. The fourth-order valence-corrected chi connectivity index (χ4v) is 4.70. The first-order valence-corrected chi connectivity index (χ1v) is 10.4. The Morgan fingerprint density at radius 3 is 2.74 bits per heavy atom. The highest BCUT2D eigenvalue weighted by atomic mass is 19.1. The smallest absolute Gasteiger partial charge is 0.449 e. The number of carboxylic acid groups (broad SMARTS) is 1. The number of aryl methyl sites for hydroxylation is 1. The van der Waals surface area contributed by atoms with E-state index in [4.69, 9.17) is 5.11 Å². The number of anilines is 1. The van der Waals surface area contributed by atoms with Crippen molar-refractivity contribution in [1.29, 1.82) is 0 Å². The third-order valence-electron chi connectivity index (χ3n) is 6.23. The highest BCUT2D eigenvalue weighted by Crippen LogP contribution is 2.45. The van der Waals surface area contributed by atoms with E-state index in [1.807, 2.05) is 30.0 Å². The van der Waals surface area contributed by atoms with Crippen LogP contribution in [0.3, 0.4) is 0 Å². The second-order valence-corrected chi connectivity index (χ2v) is 8.27. The number of aromatic nitrogens is 2. The van der Waals surface area contributed by atoms with Crippen molar-refractivity contribution < 1.29 is 19.0 Å². The molecule has 1 unspecified atom stereocenters. The van der Waals surface area contributed by atoms with Crippen LogP contribution in [-0.2, 0) is 0 Å². The largest absolute Gasteiger partial charge is 0.511 e. The Bertz CT molecular complexity index is 1240. The zero-order valence-corrected chi connectivity index (χ0v) is 17.0. The van der Waals surface area contributed by atoms with Gasteiger partial charge in [-0.2, -0.15) is 0 Å². The molecule has 1 aliphatic heterocycles. The van der Waals surface area contributed by atoms with Crippen LogP contribution < -0.4 is 15.2 Å². The van der Waals surface area contributed by atoms with Gasteiger partial charge in [-0.25, -0.2) is 9.18 Å². The lowest BCUT2D eigenvalue weighted by molar-refractivity contribution is 0.143. The third-order valence-corrected chi connectivity index (χ3v) is 6.23. The van der Waals surface area contributed by atoms with Crippen LogP contribution in [0.1, 0.15) is 47.9 Å². The molecule has 1 saturated carbocycles. The summed E-state index contributed by atoms with van der Waals surface area (Å²) in [5.41, 5.74) is 2.96. The van der Waals surface area contributed by atoms with Crippen LogP contribution in [0.4, 0.5) is 14.9 Å². The van der Waals surface area contributed by atoms with Gasteiger partial charge in [-0.15, -0.1) is 0 Å². The summed E-state index contributed by atoms with van der Waals surface area (Å²) in [7, 11) is 0. The molecule has 1 aliphatic carbocycles. The van der Waals surface area contributed by atoms with Crippen molar-refractivity contribution >= 4 is 17.4 Å². The Morgan fingerprint density at radius 2 is 2.06 bits per heavy atom. The maximum atomic E-state index is 15.3. The van der Waals surface area contributed by atoms with E-state index < -0.39 is 17.5 Å². The molecule has 0 radical (unpaired) electrons. The molecule has 5 rings (SSSR count). The molecule has 3 aromatic rings. The minimum atomic E-state index is -1.56. The average molecular weight is 423 g/mol. The minimum absolute atomic E-state index is 0.212. The Labute approximate surface area is 177 Å². The van der Waals surface area contributed by atoms with E-state index in [1.165, 1.54) is 10.5 Å². The van der Waals surface area contributed by atoms with Crippen LogP contribution in [0.5, 0.6) is 5.75 Å². The molecule has 3 aromatic heterocycles. The Kier molecular flexibility index (Phi) is 4.64. The number of hydrogen-bond acceptors (Lipinski definition) is 5. The number of pyridine rings is 3. The van der Waals surface area contributed by atoms with Gasteiger partial charge in [0.05, 0.1) is 17.4 Å². The first-order valence-electron chi connectivity index (χ1n) is 10.4. The summed E-state index contributed by atoms with van der Waals surface area (Å²) < 4.78 is 21.2. The van der Waals surface area contributed by atoms with Gasteiger partial charge in [-0.3, -0.25) is 14.2 Å². The van der Waals surface area contributed by atoms with Gasteiger partial charge in [0.15, 0.2) is 11.6 Å². The maximum absolute atomic E-state index is 15.3. The van der Waals surface area contributed by atoms with Crippen LogP contribution in [0, 0.1) is 12.7 Å². The molecule has 0 spiro atoms. The van der Waals surface area contributed by atoms with Crippen LogP contribution in [-0.4, -0.2) is 33.7 Å². The quantitative estimate of drug-likeness (QED) is 0.637. The summed E-state index contributed by atoms with van der Waals surface area (Å²) in [5, 5.41) is 8.97. The monoisotopic (exact) mass is 423 g/mol. The van der Waals surface area contributed by atoms with Crippen molar-refractivity contribution in [2.45, 2.75) is 38.0 Å². The fourth-order valence-electron chi connectivity index (χ4n) is 4.70. The zero-order valence-electron chi connectivity index (χ0n) is 17.0. The van der Waals surface area contributed by atoms with E-state index >= 15 is 4.39 Å². The number of halogens is 1. The van der Waals surface area contributed by atoms with E-state index in [0.717, 1.165) is 36.7 Å². The fraction of sp³-hybridized carbons (Fsp3) is 0.348. The predicted octanol–water partition coefficient (Wildman–Crippen LogP) is 4.07. The zero-order chi connectivity index (χ0) is 21.7. The standard InChI is InChI=1S/C23H22FN3O4/c1-13-20-16(14-5-6-14)10-19(31-23(29)30)22(28)27(20)12-17(24)21(13)26-9-7-15(11-26)18-4-2-3-8-25-18/h2-4,8,10,12,14-15H,5-7,9,11H2,1H3,(H,29,30). The van der Waals surface area contributed by atoms with E-state index in [-0.39, 0.29) is 17.6 Å². The lowest BCUT2D eigenvalue weighted by atomic mass is 10.0. The van der Waals surface area contributed by atoms with E-state index in [9.17, 15) is 9.59 Å². The van der Waals surface area contributed by atoms with Gasteiger partial charge < -0.3 is 14.7 Å². The topological polar surface area (TPSA) is 84.1 Å². The van der Waals surface area contributed by atoms with Crippen molar-refractivity contribution in [3.8, 4) is 5.75 Å². The Morgan fingerprint density at radius 1 is 1.26 bits per heavy atom. The molecule has 0 bridgehead atoms. The molecule has 4 heterocycles. The minimum Gasteiger partial charge on any atom is -0.449 e. The summed E-state index contributed by atoms with van der Waals surface area (Å²) in [6.45, 7) is 3.16. The number of nitrogens with zero attached hydrogens (tertiary/aromatic N) is 3. The van der Waals surface area contributed by atoms with Crippen LogP contribution in [0.15, 0.2) is 41.5 Å². The van der Waals surface area contributed by atoms with Gasteiger partial charge in [-0.1, -0.05) is 6.07 Å². The van der Waals surface area contributed by atoms with Crippen LogP contribution in [0.2, 0.25) is 0 Å². The number of carbonyl (C=O) groups is 1. The Hall–Kier alpha value is -3.42. The lowest BCUT2D eigenvalue weighted by Gasteiger charge is -2.24. The van der Waals surface area contributed by atoms with Gasteiger partial charge in [0.2, 0.25) is 0 Å².